The molecule has 0 unspecified atom stereocenters. The molecule has 0 aromatic rings. The van der Waals surface area contributed by atoms with Crippen molar-refractivity contribution in [3.8, 4) is 0 Å². The minimum Gasteiger partial charge on any atom is -0.470 e. The maximum Gasteiger partial charge on any atom is 0.359 e. The third-order valence-corrected chi connectivity index (χ3v) is 4.03. The number of ketones is 1. The molecule has 2 heterocycles. The molecule has 4 nitrogen and oxygen atoms in total. The third-order valence-electron chi connectivity index (χ3n) is 4.03. The number of cyclic esters (lactones) is 1. The minimum atomic E-state index is -1.55. The van der Waals surface area contributed by atoms with Gasteiger partial charge < -0.3 is 9.47 Å². The number of carbonyl (C=O) groups is 2. The number of rotatable bonds is 3. The summed E-state index contributed by atoms with van der Waals surface area (Å²) in [5, 5.41) is 0. The van der Waals surface area contributed by atoms with Crippen molar-refractivity contribution in [1.82, 2.24) is 0 Å². The second-order valence-corrected chi connectivity index (χ2v) is 5.20. The molecule has 1 fully saturated rings. The first-order valence-corrected chi connectivity index (χ1v) is 6.17. The summed E-state index contributed by atoms with van der Waals surface area (Å²) < 4.78 is 10.8. The molecule has 0 bridgehead atoms. The molecule has 1 saturated heterocycles. The van der Waals surface area contributed by atoms with Crippen LogP contribution in [0, 0.1) is 11.3 Å². The molecule has 2 rings (SSSR count). The summed E-state index contributed by atoms with van der Waals surface area (Å²) in [6.07, 6.45) is 3.85. The van der Waals surface area contributed by atoms with Crippen molar-refractivity contribution in [1.29, 1.82) is 0 Å². The molecule has 1 spiro atoms. The molecule has 0 N–H and O–H groups in total. The highest BCUT2D eigenvalue weighted by molar-refractivity contribution is 6.16. The van der Waals surface area contributed by atoms with Gasteiger partial charge in [0.15, 0.2) is 0 Å². The van der Waals surface area contributed by atoms with E-state index < -0.39 is 17.0 Å². The zero-order valence-electron chi connectivity index (χ0n) is 11.0. The quantitative estimate of drug-likeness (QED) is 0.437. The van der Waals surface area contributed by atoms with Gasteiger partial charge in [-0.1, -0.05) is 19.9 Å². The van der Waals surface area contributed by atoms with Crippen LogP contribution in [0.5, 0.6) is 0 Å². The molecular formula is C14H18O4. The molecule has 0 radical (unpaired) electrons. The average Bonchev–Trinajstić information content (AvgIpc) is 2.84. The van der Waals surface area contributed by atoms with E-state index in [2.05, 4.69) is 6.58 Å². The van der Waals surface area contributed by atoms with E-state index in [-0.39, 0.29) is 18.3 Å². The van der Waals surface area contributed by atoms with Gasteiger partial charge in [-0.2, -0.15) is 0 Å². The van der Waals surface area contributed by atoms with Crippen LogP contribution in [0.2, 0.25) is 0 Å². The summed E-state index contributed by atoms with van der Waals surface area (Å²) in [4.78, 5) is 24.3. The molecule has 98 valence electrons. The highest BCUT2D eigenvalue weighted by Gasteiger charge is 2.68. The predicted octanol–water partition coefficient (Wildman–Crippen LogP) is 2.00. The molecule has 0 saturated carbocycles. The fourth-order valence-corrected chi connectivity index (χ4v) is 2.33. The van der Waals surface area contributed by atoms with E-state index in [9.17, 15) is 9.59 Å². The van der Waals surface area contributed by atoms with Crippen molar-refractivity contribution in [2.45, 2.75) is 32.8 Å². The van der Waals surface area contributed by atoms with Crippen molar-refractivity contribution >= 4 is 11.8 Å². The standard InChI is InChI=1S/C14H18O4/c1-5-9(3)10-7-11(15)14(18-10)12(16)17-8-13(14,4)6-2/h6-7,9H,2,5,8H2,1,3-4H3/t9-,13-,14+/m0/s1. The second kappa shape index (κ2) is 3.97. The van der Waals surface area contributed by atoms with E-state index in [1.54, 1.807) is 13.0 Å². The lowest BCUT2D eigenvalue weighted by atomic mass is 9.73. The van der Waals surface area contributed by atoms with Crippen LogP contribution in [0.25, 0.3) is 0 Å². The zero-order valence-corrected chi connectivity index (χ0v) is 11.0. The van der Waals surface area contributed by atoms with Gasteiger partial charge in [0.2, 0.25) is 5.78 Å². The van der Waals surface area contributed by atoms with Crippen LogP contribution in [0.4, 0.5) is 0 Å². The van der Waals surface area contributed by atoms with Gasteiger partial charge in [0.05, 0.1) is 5.41 Å². The Morgan fingerprint density at radius 2 is 2.22 bits per heavy atom. The summed E-state index contributed by atoms with van der Waals surface area (Å²) in [6.45, 7) is 9.56. The molecule has 0 aromatic carbocycles. The topological polar surface area (TPSA) is 52.6 Å². The molecule has 0 aliphatic carbocycles. The number of allylic oxidation sites excluding steroid dienone is 1. The van der Waals surface area contributed by atoms with Crippen LogP contribution in [0.15, 0.2) is 24.5 Å². The Hall–Kier alpha value is -1.58. The van der Waals surface area contributed by atoms with Crippen LogP contribution in [-0.2, 0) is 19.1 Å². The Labute approximate surface area is 107 Å². The number of esters is 1. The monoisotopic (exact) mass is 250 g/mol. The third kappa shape index (κ3) is 1.38. The molecule has 2 aliphatic rings. The van der Waals surface area contributed by atoms with Crippen molar-refractivity contribution < 1.29 is 19.1 Å². The molecule has 0 amide bonds. The van der Waals surface area contributed by atoms with Gasteiger partial charge in [-0.15, -0.1) is 6.58 Å². The van der Waals surface area contributed by atoms with Gasteiger partial charge >= 0.3 is 5.97 Å². The van der Waals surface area contributed by atoms with E-state index in [1.807, 2.05) is 13.8 Å². The van der Waals surface area contributed by atoms with Crippen LogP contribution in [0.3, 0.4) is 0 Å². The highest BCUT2D eigenvalue weighted by Crippen LogP contribution is 2.48. The Balaban J connectivity index is 2.43. The van der Waals surface area contributed by atoms with Gasteiger partial charge in [0.25, 0.3) is 5.60 Å². The summed E-state index contributed by atoms with van der Waals surface area (Å²) in [6, 6.07) is 0. The first kappa shape index (κ1) is 12.9. The number of hydrogen-bond acceptors (Lipinski definition) is 4. The Bertz CT molecular complexity index is 451. The first-order chi connectivity index (χ1) is 8.41. The minimum absolute atomic E-state index is 0.107. The van der Waals surface area contributed by atoms with Gasteiger partial charge in [-0.05, 0) is 13.3 Å². The maximum absolute atomic E-state index is 12.3. The van der Waals surface area contributed by atoms with Gasteiger partial charge in [-0.3, -0.25) is 4.79 Å². The van der Waals surface area contributed by atoms with Crippen molar-refractivity contribution in [3.63, 3.8) is 0 Å². The van der Waals surface area contributed by atoms with E-state index in [4.69, 9.17) is 9.47 Å². The smallest absolute Gasteiger partial charge is 0.359 e. The second-order valence-electron chi connectivity index (χ2n) is 5.20. The molecule has 3 atom stereocenters. The van der Waals surface area contributed by atoms with E-state index in [1.165, 1.54) is 6.08 Å². The molecule has 0 aromatic heterocycles. The van der Waals surface area contributed by atoms with Crippen molar-refractivity contribution in [3.05, 3.63) is 24.5 Å². The lowest BCUT2D eigenvalue weighted by molar-refractivity contribution is -0.161. The molecular weight excluding hydrogens is 232 g/mol. The lowest BCUT2D eigenvalue weighted by Crippen LogP contribution is -2.52. The molecule has 4 heteroatoms. The van der Waals surface area contributed by atoms with E-state index in [0.29, 0.717) is 5.76 Å². The predicted molar refractivity (Wildman–Crippen MR) is 65.6 cm³/mol. The van der Waals surface area contributed by atoms with E-state index >= 15 is 0 Å². The largest absolute Gasteiger partial charge is 0.470 e. The number of carbonyl (C=O) groups excluding carboxylic acids is 2. The zero-order chi connectivity index (χ0) is 13.6. The van der Waals surface area contributed by atoms with Crippen LogP contribution in [-0.4, -0.2) is 24.0 Å². The Kier molecular flexibility index (Phi) is 2.84. The fraction of sp³-hybridized carbons (Fsp3) is 0.571. The SMILES string of the molecule is C=C[C@@]1(C)COC(=O)[C@@]12OC([C@@H](C)CC)=CC2=O. The summed E-state index contributed by atoms with van der Waals surface area (Å²) in [5.74, 6) is -0.266. The van der Waals surface area contributed by atoms with Crippen molar-refractivity contribution in [2.75, 3.05) is 6.61 Å². The normalized spacial score (nSPS) is 36.3. The van der Waals surface area contributed by atoms with Crippen LogP contribution < -0.4 is 0 Å². The Morgan fingerprint density at radius 1 is 1.56 bits per heavy atom. The number of hydrogen-bond donors (Lipinski definition) is 0. The summed E-state index contributed by atoms with van der Waals surface area (Å²) in [5.41, 5.74) is -2.36. The average molecular weight is 250 g/mol. The number of ether oxygens (including phenoxy) is 2. The van der Waals surface area contributed by atoms with E-state index in [0.717, 1.165) is 6.42 Å². The summed E-state index contributed by atoms with van der Waals surface area (Å²) in [7, 11) is 0. The van der Waals surface area contributed by atoms with Crippen molar-refractivity contribution in [2.24, 2.45) is 11.3 Å². The van der Waals surface area contributed by atoms with Gasteiger partial charge in [-0.25, -0.2) is 4.79 Å². The van der Waals surface area contributed by atoms with Crippen LogP contribution in [0.1, 0.15) is 27.2 Å². The maximum atomic E-state index is 12.3. The lowest BCUT2D eigenvalue weighted by Gasteiger charge is -2.32. The Morgan fingerprint density at radius 3 is 2.78 bits per heavy atom. The summed E-state index contributed by atoms with van der Waals surface area (Å²) >= 11 is 0. The fourth-order valence-electron chi connectivity index (χ4n) is 2.33. The van der Waals surface area contributed by atoms with Crippen LogP contribution >= 0.6 is 0 Å². The first-order valence-electron chi connectivity index (χ1n) is 6.17. The molecule has 2 aliphatic heterocycles. The van der Waals surface area contributed by atoms with Gasteiger partial charge in [0, 0.05) is 12.0 Å². The molecule has 18 heavy (non-hydrogen) atoms. The van der Waals surface area contributed by atoms with Gasteiger partial charge in [0.1, 0.15) is 12.4 Å². The highest BCUT2D eigenvalue weighted by atomic mass is 16.6.